The van der Waals surface area contributed by atoms with E-state index in [-0.39, 0.29) is 5.97 Å². The Morgan fingerprint density at radius 1 is 1.04 bits per heavy atom. The monoisotopic (exact) mass is 337 g/mol. The lowest BCUT2D eigenvalue weighted by Crippen LogP contribution is -2.38. The molecule has 1 atom stereocenters. The second-order valence-electron chi connectivity index (χ2n) is 6.59. The number of aryl methyl sites for hydroxylation is 1. The summed E-state index contributed by atoms with van der Waals surface area (Å²) in [5.41, 5.74) is 2.73. The molecule has 0 saturated heterocycles. The van der Waals surface area contributed by atoms with Crippen LogP contribution >= 0.6 is 0 Å². The van der Waals surface area contributed by atoms with Crippen LogP contribution < -0.4 is 0 Å². The molecule has 3 nitrogen and oxygen atoms in total. The fourth-order valence-electron chi connectivity index (χ4n) is 3.89. The minimum Gasteiger partial charge on any atom is -0.463 e. The molecule has 3 heteroatoms. The Kier molecular flexibility index (Phi) is 5.54. The van der Waals surface area contributed by atoms with E-state index in [0.29, 0.717) is 6.61 Å². The predicted molar refractivity (Wildman–Crippen MR) is 101 cm³/mol. The zero-order chi connectivity index (χ0) is 17.7. The molecule has 2 aromatic carbocycles. The van der Waals surface area contributed by atoms with Crippen LogP contribution in [0.4, 0.5) is 0 Å². The molecule has 2 aromatic rings. The van der Waals surface area contributed by atoms with E-state index < -0.39 is 5.41 Å². The third-order valence-electron chi connectivity index (χ3n) is 5.40. The van der Waals surface area contributed by atoms with Crippen LogP contribution in [0.3, 0.4) is 0 Å². The highest BCUT2D eigenvalue weighted by molar-refractivity contribution is 5.89. The van der Waals surface area contributed by atoms with Gasteiger partial charge in [0.25, 0.3) is 0 Å². The van der Waals surface area contributed by atoms with Crippen molar-refractivity contribution in [3.05, 3.63) is 71.3 Å². The summed E-state index contributed by atoms with van der Waals surface area (Å²) in [6, 6.07) is 18.4. The summed E-state index contributed by atoms with van der Waals surface area (Å²) in [5, 5.41) is 0. The van der Waals surface area contributed by atoms with Crippen LogP contribution in [0, 0.1) is 0 Å². The maximum absolute atomic E-state index is 13.2. The van der Waals surface area contributed by atoms with E-state index in [1.54, 1.807) is 0 Å². The van der Waals surface area contributed by atoms with Crippen molar-refractivity contribution in [2.75, 3.05) is 26.2 Å². The van der Waals surface area contributed by atoms with Gasteiger partial charge in [0.1, 0.15) is 12.0 Å². The first-order chi connectivity index (χ1) is 12.2. The van der Waals surface area contributed by atoms with Crippen LogP contribution in [0.25, 0.3) is 0 Å². The Morgan fingerprint density at radius 2 is 1.72 bits per heavy atom. The van der Waals surface area contributed by atoms with Gasteiger partial charge in [-0.15, -0.1) is 0 Å². The molecule has 3 rings (SSSR count). The standard InChI is InChI=1S/C22H27NO2/c1-3-23(4-2)16-17-25-21(24)22(19-11-6-5-7-12-19)15-14-18-10-8-9-13-20(18)22/h5-13H,3-4,14-17H2,1-2H3. The number of hydrogen-bond acceptors (Lipinski definition) is 3. The molecule has 0 fully saturated rings. The number of hydrogen-bond donors (Lipinski definition) is 0. The van der Waals surface area contributed by atoms with Crippen molar-refractivity contribution < 1.29 is 9.53 Å². The van der Waals surface area contributed by atoms with Gasteiger partial charge in [-0.2, -0.15) is 0 Å². The lowest BCUT2D eigenvalue weighted by Gasteiger charge is -2.29. The van der Waals surface area contributed by atoms with Gasteiger partial charge < -0.3 is 9.64 Å². The van der Waals surface area contributed by atoms with Crippen molar-refractivity contribution in [1.82, 2.24) is 4.90 Å². The molecule has 0 aliphatic heterocycles. The highest BCUT2D eigenvalue weighted by Crippen LogP contribution is 2.45. The summed E-state index contributed by atoms with van der Waals surface area (Å²) in [4.78, 5) is 15.5. The number of fused-ring (bicyclic) bond motifs is 1. The summed E-state index contributed by atoms with van der Waals surface area (Å²) < 4.78 is 5.79. The van der Waals surface area contributed by atoms with Crippen LogP contribution in [0.2, 0.25) is 0 Å². The van der Waals surface area contributed by atoms with Gasteiger partial charge in [-0.25, -0.2) is 0 Å². The third kappa shape index (κ3) is 3.34. The molecule has 0 amide bonds. The van der Waals surface area contributed by atoms with Crippen LogP contribution in [0.1, 0.15) is 37.0 Å². The van der Waals surface area contributed by atoms with Crippen molar-refractivity contribution in [3.63, 3.8) is 0 Å². The molecule has 0 heterocycles. The Balaban J connectivity index is 1.88. The first-order valence-electron chi connectivity index (χ1n) is 9.25. The molecule has 25 heavy (non-hydrogen) atoms. The van der Waals surface area contributed by atoms with Crippen molar-refractivity contribution in [1.29, 1.82) is 0 Å². The maximum atomic E-state index is 13.2. The fourth-order valence-corrected chi connectivity index (χ4v) is 3.89. The molecular formula is C22H27NO2. The average Bonchev–Trinajstić information content (AvgIpc) is 3.06. The minimum absolute atomic E-state index is 0.115. The number of carbonyl (C=O) groups excluding carboxylic acids is 1. The zero-order valence-electron chi connectivity index (χ0n) is 15.2. The minimum atomic E-state index is -0.666. The SMILES string of the molecule is CCN(CC)CCOC(=O)C1(c2ccccc2)CCc2ccccc21. The van der Waals surface area contributed by atoms with E-state index in [4.69, 9.17) is 4.74 Å². The van der Waals surface area contributed by atoms with Gasteiger partial charge in [0.05, 0.1) is 0 Å². The Morgan fingerprint density at radius 3 is 2.44 bits per heavy atom. The quantitative estimate of drug-likeness (QED) is 0.720. The Hall–Kier alpha value is -2.13. The van der Waals surface area contributed by atoms with Gasteiger partial charge in [-0.3, -0.25) is 4.79 Å². The number of esters is 1. The number of ether oxygens (including phenoxy) is 1. The number of benzene rings is 2. The highest BCUT2D eigenvalue weighted by Gasteiger charge is 2.47. The van der Waals surface area contributed by atoms with E-state index >= 15 is 0 Å². The van der Waals surface area contributed by atoms with Gasteiger partial charge >= 0.3 is 5.97 Å². The molecule has 1 aliphatic rings. The number of likely N-dealkylation sites (N-methyl/N-ethyl adjacent to an activating group) is 1. The van der Waals surface area contributed by atoms with Crippen molar-refractivity contribution in [2.24, 2.45) is 0 Å². The zero-order valence-corrected chi connectivity index (χ0v) is 15.2. The molecule has 0 N–H and O–H groups in total. The fraction of sp³-hybridized carbons (Fsp3) is 0.409. The Bertz CT molecular complexity index is 709. The lowest BCUT2D eigenvalue weighted by atomic mass is 9.75. The number of rotatable bonds is 7. The van der Waals surface area contributed by atoms with E-state index in [1.807, 2.05) is 42.5 Å². The van der Waals surface area contributed by atoms with Gasteiger partial charge in [0, 0.05) is 6.54 Å². The topological polar surface area (TPSA) is 29.5 Å². The van der Waals surface area contributed by atoms with Crippen molar-refractivity contribution in [3.8, 4) is 0 Å². The molecule has 0 radical (unpaired) electrons. The van der Waals surface area contributed by atoms with Crippen LogP contribution in [0.5, 0.6) is 0 Å². The summed E-state index contributed by atoms with van der Waals surface area (Å²) in [6.45, 7) is 7.43. The largest absolute Gasteiger partial charge is 0.463 e. The van der Waals surface area contributed by atoms with E-state index in [2.05, 4.69) is 30.9 Å². The average molecular weight is 337 g/mol. The molecule has 1 unspecified atom stereocenters. The second-order valence-corrected chi connectivity index (χ2v) is 6.59. The van der Waals surface area contributed by atoms with Crippen molar-refractivity contribution in [2.45, 2.75) is 32.1 Å². The van der Waals surface area contributed by atoms with Crippen LogP contribution in [-0.4, -0.2) is 37.1 Å². The molecular weight excluding hydrogens is 310 g/mol. The first-order valence-corrected chi connectivity index (χ1v) is 9.25. The third-order valence-corrected chi connectivity index (χ3v) is 5.40. The second kappa shape index (κ2) is 7.83. The highest BCUT2D eigenvalue weighted by atomic mass is 16.5. The van der Waals surface area contributed by atoms with Gasteiger partial charge in [0.2, 0.25) is 0 Å². The lowest BCUT2D eigenvalue weighted by molar-refractivity contribution is -0.149. The van der Waals surface area contributed by atoms with Gasteiger partial charge in [0.15, 0.2) is 0 Å². The molecule has 0 aromatic heterocycles. The van der Waals surface area contributed by atoms with E-state index in [9.17, 15) is 4.79 Å². The summed E-state index contributed by atoms with van der Waals surface area (Å²) in [6.07, 6.45) is 1.69. The van der Waals surface area contributed by atoms with E-state index in [0.717, 1.165) is 43.6 Å². The van der Waals surface area contributed by atoms with Crippen molar-refractivity contribution >= 4 is 5.97 Å². The molecule has 0 saturated carbocycles. The molecule has 0 bridgehead atoms. The first kappa shape index (κ1) is 17.7. The Labute approximate surface area is 150 Å². The van der Waals surface area contributed by atoms with E-state index in [1.165, 1.54) is 5.56 Å². The number of carbonyl (C=O) groups is 1. The molecule has 1 aliphatic carbocycles. The number of nitrogens with zero attached hydrogens (tertiary/aromatic N) is 1. The van der Waals surface area contributed by atoms with Gasteiger partial charge in [-0.1, -0.05) is 68.4 Å². The summed E-state index contributed by atoms with van der Waals surface area (Å²) in [5.74, 6) is -0.115. The van der Waals surface area contributed by atoms with Crippen LogP contribution in [0.15, 0.2) is 54.6 Å². The van der Waals surface area contributed by atoms with Gasteiger partial charge in [-0.05, 0) is 42.6 Å². The maximum Gasteiger partial charge on any atom is 0.321 e. The molecule has 0 spiro atoms. The molecule has 132 valence electrons. The summed E-state index contributed by atoms with van der Waals surface area (Å²) >= 11 is 0. The van der Waals surface area contributed by atoms with Crippen LogP contribution in [-0.2, 0) is 21.4 Å². The smallest absolute Gasteiger partial charge is 0.321 e. The summed E-state index contributed by atoms with van der Waals surface area (Å²) in [7, 11) is 0. The predicted octanol–water partition coefficient (Wildman–Crippen LogP) is 3.80. The normalized spacial score (nSPS) is 19.0.